The number of nitrogens with zero attached hydrogens (tertiary/aromatic N) is 1. The fourth-order valence-electron chi connectivity index (χ4n) is 4.40. The van der Waals surface area contributed by atoms with Crippen LogP contribution in [0.1, 0.15) is 71.3 Å². The molecular formula is C30H40N2O6. The van der Waals surface area contributed by atoms with Crippen LogP contribution in [0.4, 0.5) is 0 Å². The second-order valence-electron chi connectivity index (χ2n) is 10.9. The van der Waals surface area contributed by atoms with Crippen LogP contribution in [0.3, 0.4) is 0 Å². The molecule has 0 saturated carbocycles. The van der Waals surface area contributed by atoms with Crippen LogP contribution in [-0.2, 0) is 25.5 Å². The van der Waals surface area contributed by atoms with Crippen LogP contribution in [0, 0.1) is 0 Å². The zero-order valence-corrected chi connectivity index (χ0v) is 23.7. The summed E-state index contributed by atoms with van der Waals surface area (Å²) >= 11 is 0. The molecule has 0 aliphatic carbocycles. The van der Waals surface area contributed by atoms with E-state index in [2.05, 4.69) is 5.32 Å². The lowest BCUT2D eigenvalue weighted by atomic mass is 9.98. The van der Waals surface area contributed by atoms with E-state index in [1.54, 1.807) is 31.7 Å². The largest absolute Gasteiger partial charge is 0.461 e. The summed E-state index contributed by atoms with van der Waals surface area (Å²) in [7, 11) is 0. The number of benzene rings is 2. The summed E-state index contributed by atoms with van der Waals surface area (Å²) in [5.41, 5.74) is 1.67. The Hall–Kier alpha value is -3.36. The van der Waals surface area contributed by atoms with E-state index in [4.69, 9.17) is 14.2 Å². The second-order valence-corrected chi connectivity index (χ2v) is 10.9. The van der Waals surface area contributed by atoms with Crippen LogP contribution < -0.4 is 5.32 Å². The number of rotatable bonds is 9. The summed E-state index contributed by atoms with van der Waals surface area (Å²) < 4.78 is 17.0. The molecule has 3 rings (SSSR count). The Morgan fingerprint density at radius 3 is 2.13 bits per heavy atom. The normalized spacial score (nSPS) is 17.9. The SMILES string of the molecule is CCOC(=O)C1=C(C(C)(C)O)NC(C)(OCC)N1Cc1ccc(-c2ccccc2C(=O)OC(C)(C)C)cc1. The molecule has 0 aromatic heterocycles. The smallest absolute Gasteiger partial charge is 0.356 e. The molecule has 2 aromatic carbocycles. The Morgan fingerprint density at radius 1 is 0.947 bits per heavy atom. The quantitative estimate of drug-likeness (QED) is 0.444. The monoisotopic (exact) mass is 524 g/mol. The van der Waals surface area contributed by atoms with Crippen molar-refractivity contribution in [3.05, 3.63) is 71.1 Å². The molecule has 1 heterocycles. The van der Waals surface area contributed by atoms with Crippen molar-refractivity contribution in [1.82, 2.24) is 10.2 Å². The van der Waals surface area contributed by atoms with Crippen molar-refractivity contribution in [2.45, 2.75) is 79.0 Å². The molecule has 0 bridgehead atoms. The molecule has 8 nitrogen and oxygen atoms in total. The maximum absolute atomic E-state index is 13.1. The van der Waals surface area contributed by atoms with Crippen LogP contribution in [-0.4, -0.2) is 52.2 Å². The predicted octanol–water partition coefficient (Wildman–Crippen LogP) is 4.97. The molecule has 0 spiro atoms. The van der Waals surface area contributed by atoms with E-state index in [1.165, 1.54) is 0 Å². The number of hydrogen-bond donors (Lipinski definition) is 2. The Bertz CT molecular complexity index is 1190. The average molecular weight is 525 g/mol. The molecule has 1 atom stereocenters. The molecule has 1 aliphatic heterocycles. The van der Waals surface area contributed by atoms with E-state index in [9.17, 15) is 14.7 Å². The van der Waals surface area contributed by atoms with Gasteiger partial charge in [0.25, 0.3) is 0 Å². The third kappa shape index (κ3) is 6.55. The third-order valence-electron chi connectivity index (χ3n) is 6.04. The molecule has 206 valence electrons. The van der Waals surface area contributed by atoms with Gasteiger partial charge in [-0.15, -0.1) is 0 Å². The lowest BCUT2D eigenvalue weighted by Crippen LogP contribution is -2.53. The van der Waals surface area contributed by atoms with Gasteiger partial charge < -0.3 is 29.5 Å². The number of ether oxygens (including phenoxy) is 3. The number of carbonyl (C=O) groups is 2. The summed E-state index contributed by atoms with van der Waals surface area (Å²) in [6, 6.07) is 15.1. The summed E-state index contributed by atoms with van der Waals surface area (Å²) in [6.07, 6.45) is 0. The van der Waals surface area contributed by atoms with Crippen molar-refractivity contribution in [3.63, 3.8) is 0 Å². The number of carbonyl (C=O) groups excluding carboxylic acids is 2. The summed E-state index contributed by atoms with van der Waals surface area (Å²) in [5, 5.41) is 14.1. The first kappa shape index (κ1) is 29.2. The molecule has 1 unspecified atom stereocenters. The molecule has 0 amide bonds. The molecule has 0 fully saturated rings. The Kier molecular flexibility index (Phi) is 8.58. The minimum Gasteiger partial charge on any atom is -0.461 e. The minimum absolute atomic E-state index is 0.201. The fraction of sp³-hybridized carbons (Fsp3) is 0.467. The second kappa shape index (κ2) is 11.2. The fourth-order valence-corrected chi connectivity index (χ4v) is 4.40. The van der Waals surface area contributed by atoms with E-state index in [0.717, 1.165) is 16.7 Å². The third-order valence-corrected chi connectivity index (χ3v) is 6.04. The van der Waals surface area contributed by atoms with Gasteiger partial charge in [0.2, 0.25) is 5.85 Å². The molecule has 1 aliphatic rings. The van der Waals surface area contributed by atoms with Crippen LogP contribution in [0.2, 0.25) is 0 Å². The van der Waals surface area contributed by atoms with Gasteiger partial charge in [0.05, 0.1) is 17.9 Å². The zero-order chi connectivity index (χ0) is 28.3. The summed E-state index contributed by atoms with van der Waals surface area (Å²) in [4.78, 5) is 27.7. The predicted molar refractivity (Wildman–Crippen MR) is 146 cm³/mol. The van der Waals surface area contributed by atoms with Gasteiger partial charge in [-0.05, 0) is 71.2 Å². The van der Waals surface area contributed by atoms with Gasteiger partial charge in [-0.25, -0.2) is 9.59 Å². The molecular weight excluding hydrogens is 484 g/mol. The Morgan fingerprint density at radius 2 is 1.58 bits per heavy atom. The van der Waals surface area contributed by atoms with Gasteiger partial charge in [0, 0.05) is 20.1 Å². The summed E-state index contributed by atoms with van der Waals surface area (Å²) in [6.45, 7) is 15.1. The maximum atomic E-state index is 13.1. The minimum atomic E-state index is -1.33. The van der Waals surface area contributed by atoms with Gasteiger partial charge in [-0.2, -0.15) is 0 Å². The van der Waals surface area contributed by atoms with Crippen molar-refractivity contribution in [2.75, 3.05) is 13.2 Å². The molecule has 0 radical (unpaired) electrons. The highest BCUT2D eigenvalue weighted by Crippen LogP contribution is 2.37. The van der Waals surface area contributed by atoms with Crippen molar-refractivity contribution in [3.8, 4) is 11.1 Å². The maximum Gasteiger partial charge on any atom is 0.356 e. The topological polar surface area (TPSA) is 97.3 Å². The van der Waals surface area contributed by atoms with Crippen molar-refractivity contribution in [1.29, 1.82) is 0 Å². The number of aliphatic hydroxyl groups is 1. The average Bonchev–Trinajstić information content (AvgIpc) is 3.11. The van der Waals surface area contributed by atoms with Crippen LogP contribution in [0.15, 0.2) is 59.9 Å². The lowest BCUT2D eigenvalue weighted by molar-refractivity contribution is -0.154. The van der Waals surface area contributed by atoms with E-state index in [-0.39, 0.29) is 18.3 Å². The molecule has 0 saturated heterocycles. The van der Waals surface area contributed by atoms with E-state index in [1.807, 2.05) is 77.1 Å². The standard InChI is InChI=1S/C30H40N2O6/c1-9-36-27(34)24-25(29(6,7)35)31-30(8,37-10-2)32(24)19-20-15-17-21(18-16-20)22-13-11-12-14-23(22)26(33)38-28(3,4)5/h11-18,31,35H,9-10,19H2,1-8H3. The van der Waals surface area contributed by atoms with Crippen molar-refractivity contribution >= 4 is 11.9 Å². The van der Waals surface area contributed by atoms with Crippen LogP contribution in [0.5, 0.6) is 0 Å². The van der Waals surface area contributed by atoms with Gasteiger partial charge in [-0.1, -0.05) is 42.5 Å². The van der Waals surface area contributed by atoms with Crippen molar-refractivity contribution in [2.24, 2.45) is 0 Å². The first-order valence-electron chi connectivity index (χ1n) is 13.0. The highest BCUT2D eigenvalue weighted by molar-refractivity contribution is 5.97. The first-order valence-corrected chi connectivity index (χ1v) is 13.0. The van der Waals surface area contributed by atoms with Gasteiger partial charge >= 0.3 is 11.9 Å². The molecule has 2 N–H and O–H groups in total. The van der Waals surface area contributed by atoms with Gasteiger partial charge in [-0.3, -0.25) is 0 Å². The van der Waals surface area contributed by atoms with E-state index >= 15 is 0 Å². The number of nitrogens with one attached hydrogen (secondary N) is 1. The Labute approximate surface area is 225 Å². The van der Waals surface area contributed by atoms with Gasteiger partial charge in [0.15, 0.2) is 0 Å². The highest BCUT2D eigenvalue weighted by Gasteiger charge is 2.48. The first-order chi connectivity index (χ1) is 17.7. The van der Waals surface area contributed by atoms with Crippen LogP contribution in [0.25, 0.3) is 11.1 Å². The summed E-state index contributed by atoms with van der Waals surface area (Å²) in [5.74, 6) is -1.99. The number of esters is 2. The lowest BCUT2D eigenvalue weighted by Gasteiger charge is -2.37. The van der Waals surface area contributed by atoms with E-state index in [0.29, 0.717) is 24.4 Å². The van der Waals surface area contributed by atoms with E-state index < -0.39 is 23.0 Å². The molecule has 38 heavy (non-hydrogen) atoms. The highest BCUT2D eigenvalue weighted by atomic mass is 16.6. The molecule has 2 aromatic rings. The molecule has 8 heteroatoms. The Balaban J connectivity index is 1.97. The zero-order valence-electron chi connectivity index (χ0n) is 23.7. The number of hydrogen-bond acceptors (Lipinski definition) is 8. The van der Waals surface area contributed by atoms with Crippen LogP contribution >= 0.6 is 0 Å². The van der Waals surface area contributed by atoms with Crippen molar-refractivity contribution < 1.29 is 28.9 Å². The van der Waals surface area contributed by atoms with Gasteiger partial charge in [0.1, 0.15) is 16.9 Å².